The molecule has 0 saturated heterocycles. The van der Waals surface area contributed by atoms with Crippen LogP contribution in [0.2, 0.25) is 0 Å². The van der Waals surface area contributed by atoms with Crippen molar-refractivity contribution >= 4 is 35.0 Å². The minimum Gasteiger partial charge on any atom is -0.293 e. The molecule has 10 heavy (non-hydrogen) atoms. The Kier molecular flexibility index (Phi) is 4.07. The van der Waals surface area contributed by atoms with Crippen molar-refractivity contribution in [2.24, 2.45) is 0 Å². The highest BCUT2D eigenvalue weighted by Crippen LogP contribution is 2.04. The molecular formula is C5H5Cl2NO2. The van der Waals surface area contributed by atoms with E-state index in [1.165, 1.54) is 6.92 Å². The van der Waals surface area contributed by atoms with Crippen molar-refractivity contribution in [3.05, 3.63) is 10.6 Å². The zero-order chi connectivity index (χ0) is 8.15. The van der Waals surface area contributed by atoms with E-state index in [0.717, 1.165) is 6.08 Å². The summed E-state index contributed by atoms with van der Waals surface area (Å²) in [5, 5.41) is 1.95. The Morgan fingerprint density at radius 1 is 1.40 bits per heavy atom. The van der Waals surface area contributed by atoms with E-state index in [1.807, 2.05) is 5.32 Å². The van der Waals surface area contributed by atoms with Gasteiger partial charge >= 0.3 is 0 Å². The van der Waals surface area contributed by atoms with E-state index < -0.39 is 11.8 Å². The fourth-order valence-electron chi connectivity index (χ4n) is 0.309. The summed E-state index contributed by atoms with van der Waals surface area (Å²) in [4.78, 5) is 20.7. The van der Waals surface area contributed by atoms with Gasteiger partial charge in [0.2, 0.25) is 5.91 Å². The fraction of sp³-hybridized carbons (Fsp3) is 0.200. The van der Waals surface area contributed by atoms with Crippen LogP contribution >= 0.6 is 23.2 Å². The Morgan fingerprint density at radius 3 is 2.20 bits per heavy atom. The molecule has 0 unspecified atom stereocenters. The average Bonchev–Trinajstić information content (AvgIpc) is 1.58. The fourth-order valence-corrected chi connectivity index (χ4v) is 0.507. The van der Waals surface area contributed by atoms with E-state index in [2.05, 4.69) is 0 Å². The highest BCUT2D eigenvalue weighted by Gasteiger charge is 1.98. The maximum atomic E-state index is 10.5. The third-order valence-corrected chi connectivity index (χ3v) is 0.758. The van der Waals surface area contributed by atoms with E-state index in [0.29, 0.717) is 0 Å². The number of imide groups is 1. The normalized spacial score (nSPS) is 8.30. The van der Waals surface area contributed by atoms with Crippen LogP contribution in [-0.2, 0) is 9.59 Å². The maximum Gasteiger partial charge on any atom is 0.252 e. The molecule has 2 amide bonds. The Bertz CT molecular complexity index is 184. The van der Waals surface area contributed by atoms with Gasteiger partial charge in [0.25, 0.3) is 5.91 Å². The van der Waals surface area contributed by atoms with E-state index in [4.69, 9.17) is 23.2 Å². The SMILES string of the molecule is CC(=O)NC(=O)C=C(Cl)Cl. The first kappa shape index (κ1) is 9.46. The highest BCUT2D eigenvalue weighted by molar-refractivity contribution is 6.56. The molecule has 0 aromatic rings. The summed E-state index contributed by atoms with van der Waals surface area (Å²) in [5.74, 6) is -1.07. The van der Waals surface area contributed by atoms with E-state index >= 15 is 0 Å². The quantitative estimate of drug-likeness (QED) is 0.614. The molecule has 0 saturated carbocycles. The standard InChI is InChI=1S/C5H5Cl2NO2/c1-3(9)8-5(10)2-4(6)7/h2H,1H3,(H,8,9,10). The molecule has 56 valence electrons. The summed E-state index contributed by atoms with van der Waals surface area (Å²) in [7, 11) is 0. The number of nitrogens with one attached hydrogen (secondary N) is 1. The van der Waals surface area contributed by atoms with Crippen LogP contribution in [0.1, 0.15) is 6.92 Å². The molecule has 0 heterocycles. The number of carbonyl (C=O) groups is 2. The lowest BCUT2D eigenvalue weighted by Gasteiger charge is -1.91. The molecule has 0 aromatic heterocycles. The molecule has 0 aliphatic carbocycles. The number of halogens is 2. The topological polar surface area (TPSA) is 46.2 Å². The van der Waals surface area contributed by atoms with E-state index in [1.54, 1.807) is 0 Å². The van der Waals surface area contributed by atoms with Crippen LogP contribution < -0.4 is 5.32 Å². The minimum absolute atomic E-state index is 0.182. The summed E-state index contributed by atoms with van der Waals surface area (Å²) < 4.78 is -0.182. The van der Waals surface area contributed by atoms with Gasteiger partial charge in [0.1, 0.15) is 4.49 Å². The van der Waals surface area contributed by atoms with Crippen molar-refractivity contribution in [3.63, 3.8) is 0 Å². The number of amides is 2. The second-order valence-corrected chi connectivity index (χ2v) is 2.49. The Labute approximate surface area is 68.0 Å². The van der Waals surface area contributed by atoms with Gasteiger partial charge in [0.05, 0.1) is 0 Å². The molecule has 5 heteroatoms. The van der Waals surface area contributed by atoms with Crippen LogP contribution in [0.25, 0.3) is 0 Å². The van der Waals surface area contributed by atoms with Gasteiger partial charge in [-0.05, 0) is 0 Å². The Morgan fingerprint density at radius 2 is 1.90 bits per heavy atom. The first-order valence-corrected chi connectivity index (χ1v) is 3.12. The third-order valence-electron chi connectivity index (χ3n) is 0.539. The van der Waals surface area contributed by atoms with Gasteiger partial charge in [0.15, 0.2) is 0 Å². The maximum absolute atomic E-state index is 10.5. The molecule has 1 N–H and O–H groups in total. The summed E-state index contributed by atoms with van der Waals surface area (Å²) in [6.45, 7) is 1.22. The van der Waals surface area contributed by atoms with Gasteiger partial charge in [-0.2, -0.15) is 0 Å². The Balaban J connectivity index is 3.88. The predicted molar refractivity (Wildman–Crippen MR) is 38.6 cm³/mol. The van der Waals surface area contributed by atoms with Crippen molar-refractivity contribution in [2.45, 2.75) is 6.92 Å². The average molecular weight is 182 g/mol. The highest BCUT2D eigenvalue weighted by atomic mass is 35.5. The van der Waals surface area contributed by atoms with Gasteiger partial charge in [-0.25, -0.2) is 0 Å². The lowest BCUT2D eigenvalue weighted by atomic mass is 10.5. The van der Waals surface area contributed by atoms with E-state index in [-0.39, 0.29) is 4.49 Å². The number of hydrogen-bond acceptors (Lipinski definition) is 2. The predicted octanol–water partition coefficient (Wildman–Crippen LogP) is 0.968. The summed E-state index contributed by atoms with van der Waals surface area (Å²) >= 11 is 10.2. The summed E-state index contributed by atoms with van der Waals surface area (Å²) in [6.07, 6.45) is 0.907. The molecule has 0 fully saturated rings. The van der Waals surface area contributed by atoms with Crippen LogP contribution in [0.15, 0.2) is 10.6 Å². The van der Waals surface area contributed by atoms with Crippen LogP contribution in [-0.4, -0.2) is 11.8 Å². The number of hydrogen-bond donors (Lipinski definition) is 1. The lowest BCUT2D eigenvalue weighted by Crippen LogP contribution is -2.25. The zero-order valence-electron chi connectivity index (χ0n) is 5.15. The van der Waals surface area contributed by atoms with Crippen molar-refractivity contribution in [1.82, 2.24) is 5.32 Å². The van der Waals surface area contributed by atoms with Gasteiger partial charge < -0.3 is 0 Å². The molecule has 0 bridgehead atoms. The van der Waals surface area contributed by atoms with Crippen molar-refractivity contribution in [2.75, 3.05) is 0 Å². The third kappa shape index (κ3) is 5.59. The van der Waals surface area contributed by atoms with Crippen LogP contribution in [0.3, 0.4) is 0 Å². The van der Waals surface area contributed by atoms with Gasteiger partial charge in [-0.15, -0.1) is 0 Å². The summed E-state index contributed by atoms with van der Waals surface area (Å²) in [6, 6.07) is 0. The monoisotopic (exact) mass is 181 g/mol. The van der Waals surface area contributed by atoms with Crippen LogP contribution in [0.5, 0.6) is 0 Å². The van der Waals surface area contributed by atoms with Gasteiger partial charge in [-0.1, -0.05) is 23.2 Å². The van der Waals surface area contributed by atoms with Gasteiger partial charge in [-0.3, -0.25) is 14.9 Å². The smallest absolute Gasteiger partial charge is 0.252 e. The lowest BCUT2D eigenvalue weighted by molar-refractivity contribution is -0.126. The molecule has 3 nitrogen and oxygen atoms in total. The molecule has 0 spiro atoms. The largest absolute Gasteiger partial charge is 0.293 e. The minimum atomic E-state index is -0.618. The second-order valence-electron chi connectivity index (χ2n) is 1.48. The second kappa shape index (κ2) is 4.30. The Hall–Kier alpha value is -0.540. The molecule has 0 aromatic carbocycles. The van der Waals surface area contributed by atoms with Gasteiger partial charge in [0, 0.05) is 13.0 Å². The number of rotatable bonds is 1. The molecule has 0 aliphatic heterocycles. The number of carbonyl (C=O) groups excluding carboxylic acids is 2. The molecule has 0 atom stereocenters. The van der Waals surface area contributed by atoms with Crippen molar-refractivity contribution < 1.29 is 9.59 Å². The molecule has 0 rings (SSSR count). The summed E-state index contributed by atoms with van der Waals surface area (Å²) in [5.41, 5.74) is 0. The first-order valence-electron chi connectivity index (χ1n) is 2.36. The van der Waals surface area contributed by atoms with Crippen molar-refractivity contribution in [1.29, 1.82) is 0 Å². The first-order chi connectivity index (χ1) is 4.52. The van der Waals surface area contributed by atoms with Crippen molar-refractivity contribution in [3.8, 4) is 0 Å². The van der Waals surface area contributed by atoms with Crippen LogP contribution in [0, 0.1) is 0 Å². The zero-order valence-corrected chi connectivity index (χ0v) is 6.66. The molecule has 0 aliphatic rings. The molecular weight excluding hydrogens is 177 g/mol. The van der Waals surface area contributed by atoms with E-state index in [9.17, 15) is 9.59 Å². The molecule has 0 radical (unpaired) electrons. The van der Waals surface area contributed by atoms with Crippen LogP contribution in [0.4, 0.5) is 0 Å².